The normalized spacial score (nSPS) is 17.1. The fourth-order valence-corrected chi connectivity index (χ4v) is 6.39. The minimum atomic E-state index is -1.26. The number of carbonyl (C=O) groups is 4. The molecule has 46 heavy (non-hydrogen) atoms. The van der Waals surface area contributed by atoms with Gasteiger partial charge in [-0.2, -0.15) is 0 Å². The highest BCUT2D eigenvalue weighted by Gasteiger charge is 2.35. The van der Waals surface area contributed by atoms with Crippen LogP contribution >= 0.6 is 0 Å². The van der Waals surface area contributed by atoms with Crippen LogP contribution in [0.4, 0.5) is 5.69 Å². The molecule has 3 aromatic rings. The van der Waals surface area contributed by atoms with Crippen molar-refractivity contribution >= 4 is 29.4 Å². The first-order valence-electron chi connectivity index (χ1n) is 15.8. The maximum absolute atomic E-state index is 13.4. The van der Waals surface area contributed by atoms with Crippen molar-refractivity contribution in [3.63, 3.8) is 0 Å². The van der Waals surface area contributed by atoms with Crippen LogP contribution in [-0.2, 0) is 19.2 Å². The third-order valence-corrected chi connectivity index (χ3v) is 8.67. The zero-order valence-electron chi connectivity index (χ0n) is 26.3. The number of hydrogen-bond acceptors (Lipinski definition) is 5. The highest BCUT2D eigenvalue weighted by Crippen LogP contribution is 2.38. The average Bonchev–Trinajstić information content (AvgIpc) is 3.42. The molecule has 2 fully saturated rings. The minimum absolute atomic E-state index is 0.0588. The third kappa shape index (κ3) is 9.87. The van der Waals surface area contributed by atoms with E-state index < -0.39 is 11.9 Å². The van der Waals surface area contributed by atoms with E-state index >= 15 is 0 Å². The van der Waals surface area contributed by atoms with E-state index in [1.54, 1.807) is 11.9 Å². The van der Waals surface area contributed by atoms with Gasteiger partial charge >= 0.3 is 11.9 Å². The van der Waals surface area contributed by atoms with E-state index in [0.717, 1.165) is 31.7 Å². The Morgan fingerprint density at radius 2 is 1.33 bits per heavy atom. The molecule has 2 heterocycles. The van der Waals surface area contributed by atoms with Gasteiger partial charge in [-0.05, 0) is 68.1 Å². The van der Waals surface area contributed by atoms with Crippen LogP contribution in [0.2, 0.25) is 0 Å². The molecule has 2 aliphatic rings. The van der Waals surface area contributed by atoms with Crippen molar-refractivity contribution in [2.45, 2.75) is 31.6 Å². The molecule has 2 aliphatic heterocycles. The summed E-state index contributed by atoms with van der Waals surface area (Å²) in [5, 5.41) is 15.6. The van der Waals surface area contributed by atoms with Gasteiger partial charge < -0.3 is 24.9 Å². The Hall–Kier alpha value is -4.76. The Kier molecular flexibility index (Phi) is 12.7. The molecule has 0 radical (unpaired) electrons. The van der Waals surface area contributed by atoms with E-state index in [2.05, 4.69) is 65.6 Å². The van der Waals surface area contributed by atoms with Crippen LogP contribution in [0.25, 0.3) is 0 Å². The van der Waals surface area contributed by atoms with E-state index in [1.165, 1.54) is 24.0 Å². The molecular formula is C37H43N3O6. The zero-order valence-corrected chi connectivity index (χ0v) is 26.3. The number of hydrogen-bond donors (Lipinski definition) is 2. The Balaban J connectivity index is 0.000000533. The monoisotopic (exact) mass is 625 g/mol. The van der Waals surface area contributed by atoms with Crippen molar-refractivity contribution in [1.29, 1.82) is 0 Å². The molecule has 1 unspecified atom stereocenters. The fraction of sp³-hybridized carbons (Fsp3) is 0.351. The summed E-state index contributed by atoms with van der Waals surface area (Å²) >= 11 is 0. The van der Waals surface area contributed by atoms with Crippen LogP contribution in [0.5, 0.6) is 0 Å². The van der Waals surface area contributed by atoms with Crippen molar-refractivity contribution in [3.8, 4) is 0 Å². The molecule has 1 atom stereocenters. The summed E-state index contributed by atoms with van der Waals surface area (Å²) in [6.07, 6.45) is 4.70. The first-order chi connectivity index (χ1) is 22.2. The van der Waals surface area contributed by atoms with Crippen molar-refractivity contribution in [1.82, 2.24) is 9.80 Å². The Bertz CT molecular complexity index is 1400. The number of rotatable bonds is 11. The van der Waals surface area contributed by atoms with Crippen LogP contribution < -0.4 is 4.90 Å². The van der Waals surface area contributed by atoms with Crippen molar-refractivity contribution in [3.05, 3.63) is 114 Å². The van der Waals surface area contributed by atoms with Crippen LogP contribution in [0.1, 0.15) is 42.7 Å². The Morgan fingerprint density at radius 3 is 1.78 bits per heavy atom. The number of anilines is 1. The molecule has 2 saturated heterocycles. The molecule has 9 heteroatoms. The van der Waals surface area contributed by atoms with Gasteiger partial charge in [-0.3, -0.25) is 9.59 Å². The lowest BCUT2D eigenvalue weighted by molar-refractivity contribution is -0.134. The van der Waals surface area contributed by atoms with Crippen LogP contribution in [0, 0.1) is 11.8 Å². The molecule has 0 bridgehead atoms. The summed E-state index contributed by atoms with van der Waals surface area (Å²) < 4.78 is 0. The predicted molar refractivity (Wildman–Crippen MR) is 177 cm³/mol. The molecule has 0 spiro atoms. The highest BCUT2D eigenvalue weighted by molar-refractivity contribution is 5.99. The van der Waals surface area contributed by atoms with Gasteiger partial charge in [-0.1, -0.05) is 78.9 Å². The summed E-state index contributed by atoms with van der Waals surface area (Å²) in [5.74, 6) is -1.59. The van der Waals surface area contributed by atoms with Gasteiger partial charge in [0.2, 0.25) is 11.8 Å². The van der Waals surface area contributed by atoms with Crippen LogP contribution in [0.3, 0.4) is 0 Å². The number of aliphatic carboxylic acids is 2. The van der Waals surface area contributed by atoms with Crippen molar-refractivity contribution in [2.75, 3.05) is 44.7 Å². The maximum Gasteiger partial charge on any atom is 0.328 e. The lowest BCUT2D eigenvalue weighted by Crippen LogP contribution is -2.40. The lowest BCUT2D eigenvalue weighted by atomic mass is 9.76. The van der Waals surface area contributed by atoms with Gasteiger partial charge in [0.05, 0.1) is 5.92 Å². The molecule has 2 amide bonds. The summed E-state index contributed by atoms with van der Waals surface area (Å²) in [4.78, 5) is 50.8. The molecule has 9 nitrogen and oxygen atoms in total. The smallest absolute Gasteiger partial charge is 0.328 e. The summed E-state index contributed by atoms with van der Waals surface area (Å²) in [5.41, 5.74) is 3.74. The van der Waals surface area contributed by atoms with E-state index in [-0.39, 0.29) is 17.7 Å². The minimum Gasteiger partial charge on any atom is -0.478 e. The molecular weight excluding hydrogens is 582 g/mol. The van der Waals surface area contributed by atoms with E-state index in [9.17, 15) is 19.2 Å². The van der Waals surface area contributed by atoms with Gasteiger partial charge in [-0.25, -0.2) is 9.59 Å². The molecule has 0 saturated carbocycles. The fourth-order valence-electron chi connectivity index (χ4n) is 6.39. The average molecular weight is 626 g/mol. The summed E-state index contributed by atoms with van der Waals surface area (Å²) in [7, 11) is 1.78. The number of carboxylic acids is 2. The zero-order chi connectivity index (χ0) is 32.9. The SMILES string of the molecule is CN1CC(C(=O)N(CCCN2CCC(C(c3ccccc3)c3ccccc3)CC2)c2ccccc2)CC1=O.O=C(O)/C=C/C(=O)O. The quantitative estimate of drug-likeness (QED) is 0.283. The second-order valence-corrected chi connectivity index (χ2v) is 11.8. The number of carbonyl (C=O) groups excluding carboxylic acids is 2. The maximum atomic E-state index is 13.4. The second kappa shape index (κ2) is 17.1. The first kappa shape index (κ1) is 34.1. The van der Waals surface area contributed by atoms with Gasteiger partial charge in [0, 0.05) is 50.3 Å². The number of likely N-dealkylation sites (tertiary alicyclic amines) is 2. The van der Waals surface area contributed by atoms with Crippen LogP contribution in [-0.4, -0.2) is 83.5 Å². The van der Waals surface area contributed by atoms with E-state index in [4.69, 9.17) is 10.2 Å². The molecule has 3 aromatic carbocycles. The molecule has 2 N–H and O–H groups in total. The molecule has 5 rings (SSSR count). The number of nitrogens with zero attached hydrogens (tertiary/aromatic N) is 3. The number of piperidine rings is 1. The van der Waals surface area contributed by atoms with Gasteiger partial charge in [-0.15, -0.1) is 0 Å². The van der Waals surface area contributed by atoms with E-state index in [1.807, 2.05) is 35.2 Å². The summed E-state index contributed by atoms with van der Waals surface area (Å²) in [6, 6.07) is 31.8. The largest absolute Gasteiger partial charge is 0.478 e. The van der Waals surface area contributed by atoms with Crippen LogP contribution in [0.15, 0.2) is 103 Å². The first-order valence-corrected chi connectivity index (χ1v) is 15.8. The Labute approximate surface area is 270 Å². The van der Waals surface area contributed by atoms with E-state index in [0.29, 0.717) is 43.5 Å². The predicted octanol–water partition coefficient (Wildman–Crippen LogP) is 5.14. The van der Waals surface area contributed by atoms with Crippen molar-refractivity contribution in [2.24, 2.45) is 11.8 Å². The number of benzene rings is 3. The second-order valence-electron chi connectivity index (χ2n) is 11.8. The Morgan fingerprint density at radius 1 is 0.826 bits per heavy atom. The highest BCUT2D eigenvalue weighted by atomic mass is 16.4. The lowest BCUT2D eigenvalue weighted by Gasteiger charge is -2.37. The number of carboxylic acid groups (broad SMARTS) is 2. The topological polar surface area (TPSA) is 118 Å². The number of amides is 2. The molecule has 0 aliphatic carbocycles. The number of para-hydroxylation sites is 1. The van der Waals surface area contributed by atoms with Gasteiger partial charge in [0.25, 0.3) is 0 Å². The molecule has 242 valence electrons. The molecule has 0 aromatic heterocycles. The third-order valence-electron chi connectivity index (χ3n) is 8.67. The van der Waals surface area contributed by atoms with Gasteiger partial charge in [0.1, 0.15) is 0 Å². The van der Waals surface area contributed by atoms with Crippen molar-refractivity contribution < 1.29 is 29.4 Å². The summed E-state index contributed by atoms with van der Waals surface area (Å²) in [6.45, 7) is 4.34. The standard InChI is InChI=1S/C33H39N3O2.C4H4O4/c1-34-25-29(24-31(34)37)33(38)36(30-16-9-4-10-17-30)21-11-20-35-22-18-28(19-23-35)32(26-12-5-2-6-13-26)27-14-7-3-8-15-27;5-3(6)1-2-4(7)8/h2-10,12-17,28-29,32H,11,18-25H2,1H3;1-2H,(H,5,6)(H,7,8)/b;2-1+. The van der Waals surface area contributed by atoms with Gasteiger partial charge in [0.15, 0.2) is 0 Å².